The fraction of sp³-hybridized carbons (Fsp3) is 0.600. The number of amides is 1. The number of halogens is 1. The number of benzene rings is 1. The SMILES string of the molecule is COC(=O)N1CCc2c(nc(C)n2C2C[C@H]3CC[C@@H](C2)N3CC[C@H](N)c2cccc(F)c2)C1. The molecule has 33 heavy (non-hydrogen) atoms. The summed E-state index contributed by atoms with van der Waals surface area (Å²) in [6, 6.07) is 8.10. The van der Waals surface area contributed by atoms with E-state index in [9.17, 15) is 9.18 Å². The van der Waals surface area contributed by atoms with Crippen LogP contribution in [0.1, 0.15) is 67.0 Å². The number of hydrogen-bond donors (Lipinski definition) is 1. The molecule has 1 amide bonds. The van der Waals surface area contributed by atoms with E-state index >= 15 is 0 Å². The average molecular weight is 456 g/mol. The largest absolute Gasteiger partial charge is 0.453 e. The summed E-state index contributed by atoms with van der Waals surface area (Å²) in [4.78, 5) is 21.2. The number of nitrogens with zero attached hydrogens (tertiary/aromatic N) is 4. The first-order chi connectivity index (χ1) is 15.9. The lowest BCUT2D eigenvalue weighted by atomic mass is 9.95. The lowest BCUT2D eigenvalue weighted by Gasteiger charge is -2.41. The zero-order valence-electron chi connectivity index (χ0n) is 19.5. The Morgan fingerprint density at radius 3 is 2.73 bits per heavy atom. The predicted octanol–water partition coefficient (Wildman–Crippen LogP) is 3.71. The molecule has 4 atom stereocenters. The van der Waals surface area contributed by atoms with Gasteiger partial charge in [-0.15, -0.1) is 0 Å². The van der Waals surface area contributed by atoms with Crippen molar-refractivity contribution < 1.29 is 13.9 Å². The van der Waals surface area contributed by atoms with Crippen LogP contribution in [0.5, 0.6) is 0 Å². The molecule has 0 spiro atoms. The molecule has 2 bridgehead atoms. The van der Waals surface area contributed by atoms with Crippen molar-refractivity contribution in [3.8, 4) is 0 Å². The summed E-state index contributed by atoms with van der Waals surface area (Å²) in [6.07, 6.45) is 6.07. The molecule has 0 aliphatic carbocycles. The third kappa shape index (κ3) is 4.26. The van der Waals surface area contributed by atoms with Crippen LogP contribution in [0.4, 0.5) is 9.18 Å². The second-order valence-electron chi connectivity index (χ2n) is 9.76. The van der Waals surface area contributed by atoms with E-state index in [-0.39, 0.29) is 18.0 Å². The van der Waals surface area contributed by atoms with Crippen molar-refractivity contribution in [1.82, 2.24) is 19.4 Å². The molecular weight excluding hydrogens is 421 g/mol. The summed E-state index contributed by atoms with van der Waals surface area (Å²) in [5.74, 6) is 0.829. The number of methoxy groups -OCH3 is 1. The van der Waals surface area contributed by atoms with Gasteiger partial charge in [0.05, 0.1) is 19.3 Å². The van der Waals surface area contributed by atoms with Gasteiger partial charge in [-0.25, -0.2) is 14.2 Å². The third-order valence-corrected chi connectivity index (χ3v) is 7.86. The lowest BCUT2D eigenvalue weighted by Crippen LogP contribution is -2.45. The maximum absolute atomic E-state index is 13.6. The number of fused-ring (bicyclic) bond motifs is 3. The minimum absolute atomic E-state index is 0.140. The van der Waals surface area contributed by atoms with E-state index in [2.05, 4.69) is 16.4 Å². The van der Waals surface area contributed by atoms with Gasteiger partial charge in [0.25, 0.3) is 0 Å². The molecule has 0 saturated carbocycles. The normalized spacial score (nSPS) is 25.7. The quantitative estimate of drug-likeness (QED) is 0.744. The molecule has 2 aromatic rings. The van der Waals surface area contributed by atoms with E-state index < -0.39 is 0 Å². The smallest absolute Gasteiger partial charge is 0.409 e. The van der Waals surface area contributed by atoms with Crippen LogP contribution < -0.4 is 5.73 Å². The molecule has 3 aliphatic rings. The molecule has 1 aromatic heterocycles. The molecule has 7 nitrogen and oxygen atoms in total. The van der Waals surface area contributed by atoms with Gasteiger partial charge in [0.1, 0.15) is 11.6 Å². The number of piperidine rings is 1. The summed E-state index contributed by atoms with van der Waals surface area (Å²) in [5, 5.41) is 0. The number of ether oxygens (including phenoxy) is 1. The van der Waals surface area contributed by atoms with Crippen molar-refractivity contribution in [2.24, 2.45) is 5.73 Å². The summed E-state index contributed by atoms with van der Waals surface area (Å²) in [6.45, 7) is 4.25. The van der Waals surface area contributed by atoms with Crippen molar-refractivity contribution in [2.45, 2.75) is 76.2 Å². The van der Waals surface area contributed by atoms with Gasteiger partial charge >= 0.3 is 6.09 Å². The van der Waals surface area contributed by atoms with Gasteiger partial charge in [-0.2, -0.15) is 0 Å². The maximum Gasteiger partial charge on any atom is 0.409 e. The van der Waals surface area contributed by atoms with Gasteiger partial charge in [-0.05, 0) is 56.7 Å². The zero-order chi connectivity index (χ0) is 23.1. The molecule has 0 radical (unpaired) electrons. The van der Waals surface area contributed by atoms with E-state index in [0.717, 1.165) is 49.3 Å². The number of carbonyl (C=O) groups excluding carboxylic acids is 1. The summed E-state index contributed by atoms with van der Waals surface area (Å²) < 4.78 is 20.9. The number of aryl methyl sites for hydroxylation is 1. The second kappa shape index (κ2) is 9.06. The van der Waals surface area contributed by atoms with Crippen LogP contribution in [0.2, 0.25) is 0 Å². The first kappa shape index (κ1) is 22.3. The fourth-order valence-electron chi connectivity index (χ4n) is 6.32. The highest BCUT2D eigenvalue weighted by Crippen LogP contribution is 2.42. The molecule has 1 aromatic carbocycles. The average Bonchev–Trinajstić information content (AvgIpc) is 3.26. The van der Waals surface area contributed by atoms with Crippen LogP contribution in [0.25, 0.3) is 0 Å². The van der Waals surface area contributed by atoms with Gasteiger partial charge in [-0.1, -0.05) is 12.1 Å². The number of imidazole rings is 1. The van der Waals surface area contributed by atoms with Crippen molar-refractivity contribution in [3.05, 3.63) is 52.9 Å². The highest BCUT2D eigenvalue weighted by molar-refractivity contribution is 5.67. The number of nitrogens with two attached hydrogens (primary N) is 1. The topological polar surface area (TPSA) is 76.6 Å². The first-order valence-corrected chi connectivity index (χ1v) is 12.1. The highest BCUT2D eigenvalue weighted by atomic mass is 19.1. The van der Waals surface area contributed by atoms with E-state index in [1.807, 2.05) is 6.07 Å². The minimum atomic E-state index is -0.282. The van der Waals surface area contributed by atoms with Crippen molar-refractivity contribution in [2.75, 3.05) is 20.2 Å². The maximum atomic E-state index is 13.6. The van der Waals surface area contributed by atoms with Gasteiger partial charge in [0.15, 0.2) is 0 Å². The summed E-state index contributed by atoms with van der Waals surface area (Å²) >= 11 is 0. The minimum Gasteiger partial charge on any atom is -0.453 e. The summed E-state index contributed by atoms with van der Waals surface area (Å²) in [7, 11) is 1.43. The number of hydrogen-bond acceptors (Lipinski definition) is 5. The van der Waals surface area contributed by atoms with Crippen LogP contribution in [0.3, 0.4) is 0 Å². The molecule has 3 aliphatic heterocycles. The predicted molar refractivity (Wildman–Crippen MR) is 123 cm³/mol. The Bertz CT molecular complexity index is 1010. The highest BCUT2D eigenvalue weighted by Gasteiger charge is 2.42. The monoisotopic (exact) mass is 455 g/mol. The molecule has 5 rings (SSSR count). The van der Waals surface area contributed by atoms with Crippen LogP contribution in [0.15, 0.2) is 24.3 Å². The zero-order valence-corrected chi connectivity index (χ0v) is 19.5. The van der Waals surface area contributed by atoms with Crippen LogP contribution in [-0.4, -0.2) is 57.7 Å². The number of rotatable bonds is 5. The van der Waals surface area contributed by atoms with E-state index in [0.29, 0.717) is 31.2 Å². The number of aromatic nitrogens is 2. The van der Waals surface area contributed by atoms with E-state index in [1.165, 1.54) is 31.7 Å². The van der Waals surface area contributed by atoms with E-state index in [4.69, 9.17) is 15.5 Å². The Hall–Kier alpha value is -2.45. The first-order valence-electron chi connectivity index (χ1n) is 12.1. The Morgan fingerprint density at radius 1 is 1.27 bits per heavy atom. The van der Waals surface area contributed by atoms with Gasteiger partial charge in [0, 0.05) is 49.4 Å². The van der Waals surface area contributed by atoms with E-state index in [1.54, 1.807) is 17.0 Å². The van der Waals surface area contributed by atoms with Crippen molar-refractivity contribution in [3.63, 3.8) is 0 Å². The molecule has 4 heterocycles. The molecule has 2 saturated heterocycles. The van der Waals surface area contributed by atoms with Crippen LogP contribution in [-0.2, 0) is 17.7 Å². The molecular formula is C25H34FN5O2. The summed E-state index contributed by atoms with van der Waals surface area (Å²) in [5.41, 5.74) is 9.57. The Labute approximate surface area is 194 Å². The Kier molecular flexibility index (Phi) is 6.14. The molecule has 2 N–H and O–H groups in total. The molecule has 178 valence electrons. The second-order valence-corrected chi connectivity index (χ2v) is 9.76. The molecule has 8 heteroatoms. The molecule has 1 unspecified atom stereocenters. The Balaban J connectivity index is 1.25. The van der Waals surface area contributed by atoms with Crippen molar-refractivity contribution in [1.29, 1.82) is 0 Å². The van der Waals surface area contributed by atoms with Gasteiger partial charge < -0.3 is 19.9 Å². The Morgan fingerprint density at radius 2 is 2.03 bits per heavy atom. The van der Waals surface area contributed by atoms with Crippen molar-refractivity contribution >= 4 is 6.09 Å². The van der Waals surface area contributed by atoms with Gasteiger partial charge in [0.2, 0.25) is 0 Å². The van der Waals surface area contributed by atoms with Gasteiger partial charge in [-0.3, -0.25) is 4.90 Å². The standard InChI is InChI=1S/C25H34FN5O2/c1-16-28-23-15-29(25(32)33-2)10-9-24(23)31(16)21-13-19-6-7-20(14-21)30(19)11-8-22(27)17-4-3-5-18(26)12-17/h3-5,12,19-22H,6-11,13-15,27H2,1-2H3/t19-,20+,21?,22-/m0/s1. The van der Waals surface area contributed by atoms with Crippen LogP contribution >= 0.6 is 0 Å². The number of carbonyl (C=O) groups is 1. The lowest BCUT2D eigenvalue weighted by molar-refractivity contribution is 0.100. The molecule has 2 fully saturated rings. The fourth-order valence-corrected chi connectivity index (χ4v) is 6.32. The third-order valence-electron chi connectivity index (χ3n) is 7.86. The van der Waals surface area contributed by atoms with Crippen LogP contribution in [0, 0.1) is 12.7 Å².